The summed E-state index contributed by atoms with van der Waals surface area (Å²) in [5.41, 5.74) is 6.84. The lowest BCUT2D eigenvalue weighted by Gasteiger charge is -2.22. The Balaban J connectivity index is 2.11. The number of amides is 1. The number of carbonyl (C=O) groups excluding carboxylic acids is 1. The van der Waals surface area contributed by atoms with Crippen molar-refractivity contribution in [3.8, 4) is 0 Å². The van der Waals surface area contributed by atoms with Crippen LogP contribution in [0.5, 0.6) is 0 Å². The molecule has 2 aromatic rings. The van der Waals surface area contributed by atoms with Crippen LogP contribution in [-0.4, -0.2) is 27.4 Å². The fourth-order valence-corrected chi connectivity index (χ4v) is 2.15. The van der Waals surface area contributed by atoms with Gasteiger partial charge in [-0.25, -0.2) is 0 Å². The topological polar surface area (TPSA) is 85.8 Å². The molecule has 0 bridgehead atoms. The SMILES string of the molecule is CC(C)C(NC(=O)c1cn(CCN)nn1)c1ccccc1. The van der Waals surface area contributed by atoms with Gasteiger partial charge in [0.05, 0.1) is 18.8 Å². The summed E-state index contributed by atoms with van der Waals surface area (Å²) in [6.45, 7) is 5.15. The highest BCUT2D eigenvalue weighted by atomic mass is 16.2. The van der Waals surface area contributed by atoms with Crippen molar-refractivity contribution in [2.24, 2.45) is 11.7 Å². The first kappa shape index (κ1) is 15.2. The van der Waals surface area contributed by atoms with Gasteiger partial charge in [-0.05, 0) is 11.5 Å². The first-order chi connectivity index (χ1) is 10.1. The zero-order chi connectivity index (χ0) is 15.2. The Labute approximate surface area is 124 Å². The Bertz CT molecular complexity index is 579. The van der Waals surface area contributed by atoms with E-state index in [1.807, 2.05) is 30.3 Å². The minimum atomic E-state index is -0.221. The average Bonchev–Trinajstić information content (AvgIpc) is 2.94. The molecule has 1 atom stereocenters. The lowest BCUT2D eigenvalue weighted by atomic mass is 9.96. The molecule has 6 nitrogen and oxygen atoms in total. The van der Waals surface area contributed by atoms with Gasteiger partial charge in [0.2, 0.25) is 0 Å². The quantitative estimate of drug-likeness (QED) is 0.840. The van der Waals surface area contributed by atoms with E-state index in [0.717, 1.165) is 5.56 Å². The van der Waals surface area contributed by atoms with Crippen molar-refractivity contribution < 1.29 is 4.79 Å². The summed E-state index contributed by atoms with van der Waals surface area (Å²) < 4.78 is 1.57. The Morgan fingerprint density at radius 3 is 2.67 bits per heavy atom. The molecular weight excluding hydrogens is 266 g/mol. The smallest absolute Gasteiger partial charge is 0.273 e. The second-order valence-electron chi connectivity index (χ2n) is 5.26. The first-order valence-corrected chi connectivity index (χ1v) is 7.08. The lowest BCUT2D eigenvalue weighted by Crippen LogP contribution is -2.32. The normalized spacial score (nSPS) is 12.4. The minimum absolute atomic E-state index is 0.0571. The summed E-state index contributed by atoms with van der Waals surface area (Å²) in [5.74, 6) is 0.0521. The molecule has 6 heteroatoms. The van der Waals surface area contributed by atoms with E-state index in [4.69, 9.17) is 5.73 Å². The first-order valence-electron chi connectivity index (χ1n) is 7.08. The van der Waals surface area contributed by atoms with Crippen LogP contribution in [0.2, 0.25) is 0 Å². The zero-order valence-electron chi connectivity index (χ0n) is 12.4. The molecule has 21 heavy (non-hydrogen) atoms. The fourth-order valence-electron chi connectivity index (χ4n) is 2.15. The van der Waals surface area contributed by atoms with Crippen LogP contribution in [0.25, 0.3) is 0 Å². The molecule has 1 heterocycles. The molecule has 1 amide bonds. The molecule has 1 aromatic heterocycles. The van der Waals surface area contributed by atoms with E-state index in [9.17, 15) is 4.79 Å². The molecular formula is C15H21N5O. The van der Waals surface area contributed by atoms with Gasteiger partial charge >= 0.3 is 0 Å². The minimum Gasteiger partial charge on any atom is -0.344 e. The molecule has 0 fully saturated rings. The van der Waals surface area contributed by atoms with E-state index < -0.39 is 0 Å². The standard InChI is InChI=1S/C15H21N5O/c1-11(2)14(12-6-4-3-5-7-12)17-15(21)13-10-20(9-8-16)19-18-13/h3-7,10-11,14H,8-9,16H2,1-2H3,(H,17,21). The number of aromatic nitrogens is 3. The third kappa shape index (κ3) is 3.88. The van der Waals surface area contributed by atoms with E-state index >= 15 is 0 Å². The monoisotopic (exact) mass is 287 g/mol. The highest BCUT2D eigenvalue weighted by molar-refractivity contribution is 5.92. The molecule has 1 unspecified atom stereocenters. The van der Waals surface area contributed by atoms with E-state index in [1.165, 1.54) is 0 Å². The van der Waals surface area contributed by atoms with Crippen molar-refractivity contribution in [3.05, 3.63) is 47.8 Å². The Hall–Kier alpha value is -2.21. The summed E-state index contributed by atoms with van der Waals surface area (Å²) >= 11 is 0. The average molecular weight is 287 g/mol. The van der Waals surface area contributed by atoms with Crippen LogP contribution in [-0.2, 0) is 6.54 Å². The van der Waals surface area contributed by atoms with Crippen LogP contribution in [0.15, 0.2) is 36.5 Å². The van der Waals surface area contributed by atoms with Crippen LogP contribution in [0.3, 0.4) is 0 Å². The maximum absolute atomic E-state index is 12.3. The molecule has 1 aromatic carbocycles. The Morgan fingerprint density at radius 2 is 2.05 bits per heavy atom. The number of hydrogen-bond donors (Lipinski definition) is 2. The predicted octanol–water partition coefficient (Wildman–Crippen LogP) is 1.36. The highest BCUT2D eigenvalue weighted by Gasteiger charge is 2.20. The van der Waals surface area contributed by atoms with Crippen LogP contribution in [0.4, 0.5) is 0 Å². The number of nitrogens with zero attached hydrogens (tertiary/aromatic N) is 3. The van der Waals surface area contributed by atoms with Gasteiger partial charge in [0.15, 0.2) is 5.69 Å². The van der Waals surface area contributed by atoms with E-state index in [2.05, 4.69) is 29.5 Å². The Morgan fingerprint density at radius 1 is 1.33 bits per heavy atom. The molecule has 2 rings (SSSR count). The van der Waals surface area contributed by atoms with Gasteiger partial charge in [-0.3, -0.25) is 9.48 Å². The van der Waals surface area contributed by atoms with Crippen molar-refractivity contribution in [1.82, 2.24) is 20.3 Å². The number of benzene rings is 1. The molecule has 112 valence electrons. The molecule has 0 radical (unpaired) electrons. The molecule has 0 aliphatic carbocycles. The number of nitrogens with one attached hydrogen (secondary N) is 1. The molecule has 0 aliphatic heterocycles. The number of carbonyl (C=O) groups is 1. The number of rotatable bonds is 6. The van der Waals surface area contributed by atoms with Crippen molar-refractivity contribution in [3.63, 3.8) is 0 Å². The molecule has 0 saturated heterocycles. The summed E-state index contributed by atoms with van der Waals surface area (Å²) in [4.78, 5) is 12.3. The van der Waals surface area contributed by atoms with Gasteiger partial charge < -0.3 is 11.1 Å². The van der Waals surface area contributed by atoms with Gasteiger partial charge in [0, 0.05) is 6.54 Å². The van der Waals surface area contributed by atoms with Gasteiger partial charge in [-0.15, -0.1) is 5.10 Å². The summed E-state index contributed by atoms with van der Waals surface area (Å²) in [5, 5.41) is 10.8. The molecule has 3 N–H and O–H groups in total. The fraction of sp³-hybridized carbons (Fsp3) is 0.400. The van der Waals surface area contributed by atoms with Crippen molar-refractivity contribution >= 4 is 5.91 Å². The van der Waals surface area contributed by atoms with E-state index in [0.29, 0.717) is 18.8 Å². The van der Waals surface area contributed by atoms with Gasteiger partial charge in [0.25, 0.3) is 5.91 Å². The third-order valence-electron chi connectivity index (χ3n) is 3.24. The molecule has 0 spiro atoms. The molecule has 0 aliphatic rings. The number of hydrogen-bond acceptors (Lipinski definition) is 4. The summed E-state index contributed by atoms with van der Waals surface area (Å²) in [7, 11) is 0. The van der Waals surface area contributed by atoms with E-state index in [1.54, 1.807) is 10.9 Å². The van der Waals surface area contributed by atoms with Gasteiger partial charge in [-0.2, -0.15) is 0 Å². The van der Waals surface area contributed by atoms with Gasteiger partial charge in [0.1, 0.15) is 0 Å². The van der Waals surface area contributed by atoms with Crippen LogP contribution in [0, 0.1) is 5.92 Å². The van der Waals surface area contributed by atoms with Crippen LogP contribution in [0.1, 0.15) is 35.9 Å². The Kier molecular flexibility index (Phi) is 5.05. The number of nitrogens with two attached hydrogens (primary N) is 1. The zero-order valence-corrected chi connectivity index (χ0v) is 12.4. The maximum Gasteiger partial charge on any atom is 0.273 e. The summed E-state index contributed by atoms with van der Waals surface area (Å²) in [6.07, 6.45) is 1.62. The second-order valence-corrected chi connectivity index (χ2v) is 5.26. The maximum atomic E-state index is 12.3. The van der Waals surface area contributed by atoms with Crippen molar-refractivity contribution in [2.45, 2.75) is 26.4 Å². The largest absolute Gasteiger partial charge is 0.344 e. The predicted molar refractivity (Wildman–Crippen MR) is 80.6 cm³/mol. The van der Waals surface area contributed by atoms with Crippen molar-refractivity contribution in [1.29, 1.82) is 0 Å². The summed E-state index contributed by atoms with van der Waals surface area (Å²) in [6, 6.07) is 9.86. The highest BCUT2D eigenvalue weighted by Crippen LogP contribution is 2.21. The van der Waals surface area contributed by atoms with Gasteiger partial charge in [-0.1, -0.05) is 49.4 Å². The van der Waals surface area contributed by atoms with E-state index in [-0.39, 0.29) is 17.9 Å². The molecule has 0 saturated carbocycles. The van der Waals surface area contributed by atoms with Crippen LogP contribution >= 0.6 is 0 Å². The lowest BCUT2D eigenvalue weighted by molar-refractivity contribution is 0.0920. The third-order valence-corrected chi connectivity index (χ3v) is 3.24. The van der Waals surface area contributed by atoms with Crippen molar-refractivity contribution in [2.75, 3.05) is 6.54 Å². The van der Waals surface area contributed by atoms with Crippen LogP contribution < -0.4 is 11.1 Å². The second kappa shape index (κ2) is 6.99.